The highest BCUT2D eigenvalue weighted by Gasteiger charge is 2.18. The van der Waals surface area contributed by atoms with Crippen molar-refractivity contribution in [3.8, 4) is 17.3 Å². The Morgan fingerprint density at radius 1 is 1.50 bits per heavy atom. The van der Waals surface area contributed by atoms with E-state index in [1.165, 1.54) is 12.3 Å². The Morgan fingerprint density at radius 3 is 3.08 bits per heavy atom. The van der Waals surface area contributed by atoms with Crippen molar-refractivity contribution in [3.63, 3.8) is 0 Å². The van der Waals surface area contributed by atoms with Crippen molar-refractivity contribution in [3.05, 3.63) is 29.4 Å². The molecule has 0 aliphatic carbocycles. The predicted octanol–water partition coefficient (Wildman–Crippen LogP) is 1.79. The molecule has 3 rings (SSSR count). The van der Waals surface area contributed by atoms with E-state index in [2.05, 4.69) is 10.1 Å². The van der Waals surface area contributed by atoms with Gasteiger partial charge in [0.25, 0.3) is 0 Å². The van der Waals surface area contributed by atoms with Crippen LogP contribution >= 0.6 is 11.6 Å². The molecule has 24 heavy (non-hydrogen) atoms. The third-order valence-electron chi connectivity index (χ3n) is 3.50. The maximum absolute atomic E-state index is 11.7. The molecule has 2 aromatic heterocycles. The van der Waals surface area contributed by atoms with Crippen LogP contribution < -0.4 is 4.74 Å². The summed E-state index contributed by atoms with van der Waals surface area (Å²) >= 11 is 5.77. The van der Waals surface area contributed by atoms with Gasteiger partial charge in [0.1, 0.15) is 5.69 Å². The quantitative estimate of drug-likeness (QED) is 0.624. The minimum atomic E-state index is -0.499. The van der Waals surface area contributed by atoms with Crippen LogP contribution in [0.25, 0.3) is 11.4 Å². The summed E-state index contributed by atoms with van der Waals surface area (Å²) in [5.74, 6) is -0.167. The molecule has 2 aromatic rings. The van der Waals surface area contributed by atoms with Crippen LogP contribution in [0.1, 0.15) is 6.42 Å². The summed E-state index contributed by atoms with van der Waals surface area (Å²) in [4.78, 5) is 16.4. The van der Waals surface area contributed by atoms with Crippen molar-refractivity contribution in [2.24, 2.45) is 5.92 Å². The van der Waals surface area contributed by atoms with Gasteiger partial charge in [-0.2, -0.15) is 0 Å². The van der Waals surface area contributed by atoms with Crippen LogP contribution in [0.3, 0.4) is 0 Å². The lowest BCUT2D eigenvalue weighted by Gasteiger charge is -2.08. The van der Waals surface area contributed by atoms with Gasteiger partial charge < -0.3 is 19.4 Å². The van der Waals surface area contributed by atoms with Crippen molar-refractivity contribution >= 4 is 17.6 Å². The number of halogens is 1. The van der Waals surface area contributed by atoms with Crippen molar-refractivity contribution in [2.45, 2.75) is 6.42 Å². The number of carbonyl (C=O) groups excluding carboxylic acids is 1. The van der Waals surface area contributed by atoms with Crippen LogP contribution in [0.4, 0.5) is 0 Å². The minimum absolute atomic E-state index is 0.0883. The van der Waals surface area contributed by atoms with Gasteiger partial charge in [-0.1, -0.05) is 21.5 Å². The normalized spacial score (nSPS) is 17.0. The largest absolute Gasteiger partial charge is 0.464 e. The average Bonchev–Trinajstić information content (AvgIpc) is 3.21. The Bertz CT molecular complexity index is 698. The lowest BCUT2D eigenvalue weighted by Crippen LogP contribution is -2.19. The molecule has 8 nitrogen and oxygen atoms in total. The first-order chi connectivity index (χ1) is 11.6. The van der Waals surface area contributed by atoms with Crippen LogP contribution in [-0.2, 0) is 14.3 Å². The predicted molar refractivity (Wildman–Crippen MR) is 83.0 cm³/mol. The van der Waals surface area contributed by atoms with E-state index >= 15 is 0 Å². The second-order valence-corrected chi connectivity index (χ2v) is 5.76. The Kier molecular flexibility index (Phi) is 5.17. The van der Waals surface area contributed by atoms with Gasteiger partial charge >= 0.3 is 5.97 Å². The van der Waals surface area contributed by atoms with E-state index in [4.69, 9.17) is 25.8 Å². The zero-order valence-electron chi connectivity index (χ0n) is 12.7. The van der Waals surface area contributed by atoms with Gasteiger partial charge in [-0.3, -0.25) is 4.98 Å². The fraction of sp³-hybridized carbons (Fsp3) is 0.400. The molecule has 1 aliphatic heterocycles. The highest BCUT2D eigenvalue weighted by atomic mass is 35.5. The van der Waals surface area contributed by atoms with E-state index in [1.807, 2.05) is 0 Å². The van der Waals surface area contributed by atoms with Gasteiger partial charge in [-0.15, -0.1) is 0 Å². The standard InChI is InChI=1S/C15H16ClN3O5/c16-11-1-2-12(17-6-11)13-5-14(18-19(13)21)23-9-15(20)24-8-10-3-4-22-7-10/h1-2,5-6,10,21H,3-4,7-9H2. The number of ether oxygens (including phenoxy) is 3. The lowest BCUT2D eigenvalue weighted by molar-refractivity contribution is -0.147. The Morgan fingerprint density at radius 2 is 2.38 bits per heavy atom. The maximum atomic E-state index is 11.7. The summed E-state index contributed by atoms with van der Waals surface area (Å²) in [5.41, 5.74) is 0.784. The van der Waals surface area contributed by atoms with Crippen LogP contribution in [0.15, 0.2) is 24.4 Å². The molecule has 0 aromatic carbocycles. The van der Waals surface area contributed by atoms with Gasteiger partial charge in [0.15, 0.2) is 6.61 Å². The third-order valence-corrected chi connectivity index (χ3v) is 3.72. The summed E-state index contributed by atoms with van der Waals surface area (Å²) in [6, 6.07) is 4.74. The van der Waals surface area contributed by atoms with E-state index in [-0.39, 0.29) is 18.4 Å². The summed E-state index contributed by atoms with van der Waals surface area (Å²) in [5, 5.41) is 14.0. The SMILES string of the molecule is O=C(COc1cc(-c2ccc(Cl)cn2)n(O)n1)OCC1CCOC1. The first-order valence-corrected chi connectivity index (χ1v) is 7.77. The molecule has 9 heteroatoms. The van der Waals surface area contributed by atoms with Crippen molar-refractivity contribution < 1.29 is 24.2 Å². The molecular formula is C15H16ClN3O5. The van der Waals surface area contributed by atoms with E-state index in [1.54, 1.807) is 12.1 Å². The molecule has 1 unspecified atom stereocenters. The van der Waals surface area contributed by atoms with E-state index < -0.39 is 5.97 Å². The molecule has 3 heterocycles. The van der Waals surface area contributed by atoms with Gasteiger partial charge in [-0.25, -0.2) is 4.79 Å². The first kappa shape index (κ1) is 16.5. The summed E-state index contributed by atoms with van der Waals surface area (Å²) in [6.07, 6.45) is 2.34. The number of nitrogens with zero attached hydrogens (tertiary/aromatic N) is 3. The summed E-state index contributed by atoms with van der Waals surface area (Å²) in [6.45, 7) is 1.34. The number of carbonyl (C=O) groups is 1. The molecule has 0 radical (unpaired) electrons. The topological polar surface area (TPSA) is 95.7 Å². The first-order valence-electron chi connectivity index (χ1n) is 7.39. The van der Waals surface area contributed by atoms with Crippen LogP contribution in [0.5, 0.6) is 5.88 Å². The van der Waals surface area contributed by atoms with Gasteiger partial charge in [0, 0.05) is 24.8 Å². The molecule has 1 N–H and O–H groups in total. The molecule has 0 amide bonds. The van der Waals surface area contributed by atoms with E-state index in [0.29, 0.717) is 41.1 Å². The molecule has 1 atom stereocenters. The third kappa shape index (κ3) is 4.15. The number of pyridine rings is 1. The molecule has 1 fully saturated rings. The fourth-order valence-electron chi connectivity index (χ4n) is 2.23. The molecular weight excluding hydrogens is 338 g/mol. The Hall–Kier alpha value is -2.32. The van der Waals surface area contributed by atoms with Crippen LogP contribution in [0.2, 0.25) is 5.02 Å². The zero-order valence-corrected chi connectivity index (χ0v) is 13.5. The number of hydrogen-bond acceptors (Lipinski definition) is 7. The second-order valence-electron chi connectivity index (χ2n) is 5.32. The van der Waals surface area contributed by atoms with Crippen molar-refractivity contribution in [1.29, 1.82) is 0 Å². The average molecular weight is 354 g/mol. The van der Waals surface area contributed by atoms with Crippen LogP contribution in [0, 0.1) is 5.92 Å². The van der Waals surface area contributed by atoms with Crippen molar-refractivity contribution in [1.82, 2.24) is 14.9 Å². The highest BCUT2D eigenvalue weighted by Crippen LogP contribution is 2.22. The molecule has 0 saturated carbocycles. The van der Waals surface area contributed by atoms with Crippen LogP contribution in [-0.4, -0.2) is 52.5 Å². The number of aromatic nitrogens is 3. The Labute approximate surface area is 142 Å². The number of esters is 1. The molecule has 1 saturated heterocycles. The Balaban J connectivity index is 1.53. The molecule has 1 aliphatic rings. The fourth-order valence-corrected chi connectivity index (χ4v) is 2.34. The maximum Gasteiger partial charge on any atom is 0.344 e. The molecule has 0 spiro atoms. The summed E-state index contributed by atoms with van der Waals surface area (Å²) < 4.78 is 15.6. The van der Waals surface area contributed by atoms with Crippen molar-refractivity contribution in [2.75, 3.05) is 26.4 Å². The van der Waals surface area contributed by atoms with Gasteiger partial charge in [0.05, 0.1) is 23.9 Å². The summed E-state index contributed by atoms with van der Waals surface area (Å²) in [7, 11) is 0. The molecule has 128 valence electrons. The monoisotopic (exact) mass is 353 g/mol. The highest BCUT2D eigenvalue weighted by molar-refractivity contribution is 6.30. The number of hydrogen-bond donors (Lipinski definition) is 1. The van der Waals surface area contributed by atoms with E-state index in [0.717, 1.165) is 6.42 Å². The lowest BCUT2D eigenvalue weighted by atomic mass is 10.1. The molecule has 0 bridgehead atoms. The number of rotatable bonds is 6. The second kappa shape index (κ2) is 7.50. The smallest absolute Gasteiger partial charge is 0.344 e. The van der Waals surface area contributed by atoms with E-state index in [9.17, 15) is 10.0 Å². The minimum Gasteiger partial charge on any atom is -0.464 e. The van der Waals surface area contributed by atoms with Gasteiger partial charge in [0.2, 0.25) is 5.88 Å². The van der Waals surface area contributed by atoms with Gasteiger partial charge in [-0.05, 0) is 18.6 Å². The zero-order chi connectivity index (χ0) is 16.9.